The van der Waals surface area contributed by atoms with Gasteiger partial charge in [-0.25, -0.2) is 0 Å². The molecule has 1 aliphatic rings. The summed E-state index contributed by atoms with van der Waals surface area (Å²) in [5.41, 5.74) is 5.29. The number of para-hydroxylation sites is 1. The Bertz CT molecular complexity index is 1710. The number of rotatable bonds is 3. The van der Waals surface area contributed by atoms with Crippen LogP contribution in [0.15, 0.2) is 87.8 Å². The summed E-state index contributed by atoms with van der Waals surface area (Å²) in [6, 6.07) is 23.1. The minimum atomic E-state index is -0.748. The van der Waals surface area contributed by atoms with Crippen LogP contribution in [0.2, 0.25) is 0 Å². The second-order valence-electron chi connectivity index (χ2n) is 9.36. The molecule has 0 aliphatic carbocycles. The Balaban J connectivity index is 1.35. The summed E-state index contributed by atoms with van der Waals surface area (Å²) in [4.78, 5) is 29.0. The smallest absolute Gasteiger partial charge is 0.255 e. The van der Waals surface area contributed by atoms with Crippen LogP contribution in [-0.2, 0) is 17.8 Å². The molecule has 6 rings (SSSR count). The maximum atomic E-state index is 13.7. The summed E-state index contributed by atoms with van der Waals surface area (Å²) in [6.07, 6.45) is 0.299. The van der Waals surface area contributed by atoms with E-state index in [0.29, 0.717) is 17.7 Å². The first-order valence-electron chi connectivity index (χ1n) is 12.0. The number of aromatic hydroxyl groups is 1. The molecular formula is C30H23BrN2O4. The van der Waals surface area contributed by atoms with Gasteiger partial charge >= 0.3 is 0 Å². The molecule has 0 saturated heterocycles. The van der Waals surface area contributed by atoms with Crippen molar-refractivity contribution in [3.63, 3.8) is 0 Å². The molecule has 6 nitrogen and oxygen atoms in total. The number of furan rings is 1. The van der Waals surface area contributed by atoms with Crippen molar-refractivity contribution in [3.8, 4) is 5.75 Å². The number of hydrogen-bond acceptors (Lipinski definition) is 4. The largest absolute Gasteiger partial charge is 0.508 e. The summed E-state index contributed by atoms with van der Waals surface area (Å²) in [7, 11) is 0. The molecule has 0 fully saturated rings. The molecule has 1 atom stereocenters. The van der Waals surface area contributed by atoms with Crippen LogP contribution in [0.4, 0.5) is 5.69 Å². The highest BCUT2D eigenvalue weighted by Crippen LogP contribution is 2.32. The van der Waals surface area contributed by atoms with Crippen molar-refractivity contribution >= 4 is 55.4 Å². The number of fused-ring (bicyclic) bond motifs is 4. The van der Waals surface area contributed by atoms with Crippen LogP contribution >= 0.6 is 15.9 Å². The van der Waals surface area contributed by atoms with E-state index in [4.69, 9.17) is 4.42 Å². The number of carbonyl (C=O) groups excluding carboxylic acids is 2. The molecule has 1 aromatic heterocycles. The summed E-state index contributed by atoms with van der Waals surface area (Å²) < 4.78 is 6.79. The van der Waals surface area contributed by atoms with Gasteiger partial charge in [0.2, 0.25) is 5.91 Å². The lowest BCUT2D eigenvalue weighted by atomic mass is 9.92. The number of nitrogens with one attached hydrogen (secondary N) is 1. The van der Waals surface area contributed by atoms with Gasteiger partial charge in [-0.1, -0.05) is 40.2 Å². The fraction of sp³-hybridized carbons (Fsp3) is 0.133. The zero-order chi connectivity index (χ0) is 25.7. The topological polar surface area (TPSA) is 82.8 Å². The van der Waals surface area contributed by atoms with Gasteiger partial charge in [0.15, 0.2) is 0 Å². The van der Waals surface area contributed by atoms with Crippen molar-refractivity contribution < 1.29 is 19.1 Å². The monoisotopic (exact) mass is 554 g/mol. The van der Waals surface area contributed by atoms with Crippen molar-refractivity contribution in [1.82, 2.24) is 4.90 Å². The molecule has 1 aliphatic heterocycles. The van der Waals surface area contributed by atoms with Gasteiger partial charge in [0.25, 0.3) is 5.91 Å². The molecule has 2 amide bonds. The van der Waals surface area contributed by atoms with Crippen LogP contribution in [-0.4, -0.2) is 27.9 Å². The van der Waals surface area contributed by atoms with E-state index in [1.807, 2.05) is 61.5 Å². The van der Waals surface area contributed by atoms with Crippen molar-refractivity contribution in [3.05, 3.63) is 106 Å². The van der Waals surface area contributed by atoms with E-state index in [0.717, 1.165) is 43.1 Å². The van der Waals surface area contributed by atoms with E-state index in [-0.39, 0.29) is 24.1 Å². The predicted octanol–water partition coefficient (Wildman–Crippen LogP) is 6.57. The van der Waals surface area contributed by atoms with Crippen molar-refractivity contribution in [2.75, 3.05) is 5.32 Å². The minimum Gasteiger partial charge on any atom is -0.508 e. The number of carbonyl (C=O) groups is 2. The minimum absolute atomic E-state index is 0.138. The van der Waals surface area contributed by atoms with E-state index in [9.17, 15) is 14.7 Å². The Morgan fingerprint density at radius 3 is 2.59 bits per heavy atom. The Labute approximate surface area is 221 Å². The van der Waals surface area contributed by atoms with Gasteiger partial charge in [0.1, 0.15) is 23.0 Å². The van der Waals surface area contributed by atoms with Crippen LogP contribution < -0.4 is 5.32 Å². The average Bonchev–Trinajstić information content (AvgIpc) is 3.25. The second kappa shape index (κ2) is 9.09. The number of phenolic OH excluding ortho intramolecular Hbond substituents is 1. The lowest BCUT2D eigenvalue weighted by Gasteiger charge is -2.36. The molecule has 37 heavy (non-hydrogen) atoms. The molecule has 5 aromatic rings. The SMILES string of the molecule is Cc1cc(Br)ccc1C(=O)N1Cc2ccc(O)cc2CC1C(=O)Nc1ccc2oc3ccccc3c2c1. The molecule has 184 valence electrons. The average molecular weight is 555 g/mol. The van der Waals surface area contributed by atoms with Gasteiger partial charge in [-0.2, -0.15) is 0 Å². The first kappa shape index (κ1) is 23.3. The summed E-state index contributed by atoms with van der Waals surface area (Å²) in [5.74, 6) is -0.358. The van der Waals surface area contributed by atoms with Crippen LogP contribution in [0.25, 0.3) is 21.9 Å². The molecule has 7 heteroatoms. The highest BCUT2D eigenvalue weighted by molar-refractivity contribution is 9.10. The lowest BCUT2D eigenvalue weighted by molar-refractivity contribution is -0.121. The number of hydrogen-bond donors (Lipinski definition) is 2. The molecule has 0 radical (unpaired) electrons. The first-order chi connectivity index (χ1) is 17.9. The predicted molar refractivity (Wildman–Crippen MR) is 147 cm³/mol. The van der Waals surface area contributed by atoms with Crippen LogP contribution in [0.5, 0.6) is 5.75 Å². The van der Waals surface area contributed by atoms with E-state index >= 15 is 0 Å². The third-order valence-electron chi connectivity index (χ3n) is 6.95. The Morgan fingerprint density at radius 2 is 1.76 bits per heavy atom. The summed E-state index contributed by atoms with van der Waals surface area (Å²) in [6.45, 7) is 2.15. The Hall–Kier alpha value is -4.10. The number of anilines is 1. The van der Waals surface area contributed by atoms with E-state index < -0.39 is 6.04 Å². The van der Waals surface area contributed by atoms with Crippen molar-refractivity contribution in [1.29, 1.82) is 0 Å². The van der Waals surface area contributed by atoms with Gasteiger partial charge in [-0.05, 0) is 78.2 Å². The third-order valence-corrected chi connectivity index (χ3v) is 7.44. The second-order valence-corrected chi connectivity index (χ2v) is 10.3. The van der Waals surface area contributed by atoms with Gasteiger partial charge in [0, 0.05) is 39.5 Å². The van der Waals surface area contributed by atoms with Crippen LogP contribution in [0, 0.1) is 6.92 Å². The summed E-state index contributed by atoms with van der Waals surface area (Å²) in [5, 5.41) is 14.9. The molecule has 0 saturated carbocycles. The van der Waals surface area contributed by atoms with E-state index in [1.165, 1.54) is 0 Å². The van der Waals surface area contributed by atoms with Gasteiger partial charge in [-0.3, -0.25) is 9.59 Å². The van der Waals surface area contributed by atoms with Crippen molar-refractivity contribution in [2.45, 2.75) is 25.9 Å². The zero-order valence-electron chi connectivity index (χ0n) is 20.0. The molecular weight excluding hydrogens is 532 g/mol. The number of nitrogens with zero attached hydrogens (tertiary/aromatic N) is 1. The molecule has 0 spiro atoms. The quantitative estimate of drug-likeness (QED) is 0.264. The maximum absolute atomic E-state index is 13.7. The normalized spacial score (nSPS) is 15.1. The number of amides is 2. The zero-order valence-corrected chi connectivity index (χ0v) is 21.6. The molecule has 2 N–H and O–H groups in total. The summed E-state index contributed by atoms with van der Waals surface area (Å²) >= 11 is 3.45. The number of phenols is 1. The fourth-order valence-corrected chi connectivity index (χ4v) is 5.54. The highest BCUT2D eigenvalue weighted by Gasteiger charge is 2.36. The molecule has 4 aromatic carbocycles. The number of aryl methyl sites for hydroxylation is 1. The standard InChI is InChI=1S/C30H23BrN2O4/c1-17-12-20(31)7-10-23(17)30(36)33-16-18-6-9-22(34)13-19(18)14-26(33)29(35)32-21-8-11-28-25(15-21)24-4-2-3-5-27(24)37-28/h2-13,15,26,34H,14,16H2,1H3,(H,32,35). The van der Waals surface area contributed by atoms with Crippen molar-refractivity contribution in [2.24, 2.45) is 0 Å². The third kappa shape index (κ3) is 4.25. The van der Waals surface area contributed by atoms with Crippen LogP contribution in [0.3, 0.4) is 0 Å². The van der Waals surface area contributed by atoms with Gasteiger partial charge in [-0.15, -0.1) is 0 Å². The number of halogens is 1. The van der Waals surface area contributed by atoms with E-state index in [2.05, 4.69) is 21.2 Å². The van der Waals surface area contributed by atoms with Gasteiger partial charge < -0.3 is 19.7 Å². The Morgan fingerprint density at radius 1 is 0.946 bits per heavy atom. The fourth-order valence-electron chi connectivity index (χ4n) is 5.07. The molecule has 2 heterocycles. The van der Waals surface area contributed by atoms with Crippen LogP contribution in [0.1, 0.15) is 27.0 Å². The highest BCUT2D eigenvalue weighted by atomic mass is 79.9. The lowest BCUT2D eigenvalue weighted by Crippen LogP contribution is -2.50. The van der Waals surface area contributed by atoms with E-state index in [1.54, 1.807) is 29.2 Å². The first-order valence-corrected chi connectivity index (χ1v) is 12.8. The van der Waals surface area contributed by atoms with Gasteiger partial charge in [0.05, 0.1) is 0 Å². The Kier molecular flexibility index (Phi) is 5.72. The number of benzene rings is 4. The molecule has 0 bridgehead atoms. The maximum Gasteiger partial charge on any atom is 0.255 e. The molecule has 1 unspecified atom stereocenters.